The first-order chi connectivity index (χ1) is 10.2. The lowest BCUT2D eigenvalue weighted by Crippen LogP contribution is -2.45. The molecule has 1 heterocycles. The zero-order valence-electron chi connectivity index (χ0n) is 11.8. The van der Waals surface area contributed by atoms with Gasteiger partial charge in [-0.25, -0.2) is 4.68 Å². The van der Waals surface area contributed by atoms with Gasteiger partial charge in [-0.1, -0.05) is 31.0 Å². The van der Waals surface area contributed by atoms with Crippen molar-refractivity contribution in [3.05, 3.63) is 48.3 Å². The second kappa shape index (κ2) is 6.10. The van der Waals surface area contributed by atoms with E-state index in [1.165, 1.54) is 0 Å². The zero-order valence-corrected chi connectivity index (χ0v) is 11.8. The molecule has 0 bridgehead atoms. The van der Waals surface area contributed by atoms with Crippen molar-refractivity contribution in [3.63, 3.8) is 0 Å². The van der Waals surface area contributed by atoms with Crippen LogP contribution in [0.25, 0.3) is 5.69 Å². The highest BCUT2D eigenvalue weighted by molar-refractivity contribution is 5.92. The van der Waals surface area contributed by atoms with Crippen molar-refractivity contribution in [1.82, 2.24) is 15.1 Å². The SMILES string of the molecule is O=C(N[C@H]1CCCC[C@@H]1O)c1ccn(-c2ccccc2)n1. The molecular formula is C16H19N3O2. The number of nitrogens with zero attached hydrogens (tertiary/aromatic N) is 2. The third-order valence-corrected chi connectivity index (χ3v) is 3.89. The number of rotatable bonds is 3. The summed E-state index contributed by atoms with van der Waals surface area (Å²) in [5, 5.41) is 17.1. The van der Waals surface area contributed by atoms with Gasteiger partial charge in [0, 0.05) is 6.20 Å². The van der Waals surface area contributed by atoms with E-state index in [1.54, 1.807) is 16.9 Å². The van der Waals surface area contributed by atoms with Gasteiger partial charge < -0.3 is 10.4 Å². The Kier molecular flexibility index (Phi) is 4.01. The van der Waals surface area contributed by atoms with Crippen LogP contribution in [0.3, 0.4) is 0 Å². The summed E-state index contributed by atoms with van der Waals surface area (Å²) >= 11 is 0. The first-order valence-electron chi connectivity index (χ1n) is 7.34. The molecule has 1 amide bonds. The van der Waals surface area contributed by atoms with E-state index in [1.807, 2.05) is 30.3 Å². The first-order valence-corrected chi connectivity index (χ1v) is 7.34. The Morgan fingerprint density at radius 2 is 1.95 bits per heavy atom. The topological polar surface area (TPSA) is 67.2 Å². The number of aliphatic hydroxyl groups excluding tert-OH is 1. The van der Waals surface area contributed by atoms with E-state index >= 15 is 0 Å². The molecule has 21 heavy (non-hydrogen) atoms. The predicted molar refractivity (Wildman–Crippen MR) is 79.3 cm³/mol. The normalized spacial score (nSPS) is 22.0. The molecule has 0 radical (unpaired) electrons. The molecule has 1 aromatic carbocycles. The third-order valence-electron chi connectivity index (χ3n) is 3.89. The summed E-state index contributed by atoms with van der Waals surface area (Å²) in [5.41, 5.74) is 1.28. The highest BCUT2D eigenvalue weighted by Crippen LogP contribution is 2.18. The second-order valence-corrected chi connectivity index (χ2v) is 5.41. The number of aromatic nitrogens is 2. The standard InChI is InChI=1S/C16H19N3O2/c20-15-9-5-4-8-13(15)17-16(21)14-10-11-19(18-14)12-6-2-1-3-7-12/h1-3,6-7,10-11,13,15,20H,4-5,8-9H2,(H,17,21)/t13-,15-/m0/s1. The van der Waals surface area contributed by atoms with Crippen LogP contribution >= 0.6 is 0 Å². The van der Waals surface area contributed by atoms with E-state index < -0.39 is 6.10 Å². The number of hydrogen-bond donors (Lipinski definition) is 2. The minimum Gasteiger partial charge on any atom is -0.391 e. The summed E-state index contributed by atoms with van der Waals surface area (Å²) in [6.07, 6.45) is 4.97. The fourth-order valence-electron chi connectivity index (χ4n) is 2.69. The Morgan fingerprint density at radius 3 is 2.71 bits per heavy atom. The monoisotopic (exact) mass is 285 g/mol. The van der Waals surface area contributed by atoms with Gasteiger partial charge in [-0.15, -0.1) is 0 Å². The average molecular weight is 285 g/mol. The largest absolute Gasteiger partial charge is 0.391 e. The molecule has 2 atom stereocenters. The maximum absolute atomic E-state index is 12.2. The van der Waals surface area contributed by atoms with Crippen molar-refractivity contribution in [2.24, 2.45) is 0 Å². The van der Waals surface area contributed by atoms with Crippen LogP contribution in [0.1, 0.15) is 36.2 Å². The Hall–Kier alpha value is -2.14. The molecule has 0 aliphatic heterocycles. The number of aliphatic hydroxyl groups is 1. The van der Waals surface area contributed by atoms with Crippen LogP contribution in [0.5, 0.6) is 0 Å². The Labute approximate surface area is 123 Å². The van der Waals surface area contributed by atoms with Gasteiger partial charge in [-0.2, -0.15) is 5.10 Å². The molecule has 3 rings (SSSR count). The molecule has 5 nitrogen and oxygen atoms in total. The summed E-state index contributed by atoms with van der Waals surface area (Å²) in [4.78, 5) is 12.2. The molecule has 110 valence electrons. The Morgan fingerprint density at radius 1 is 1.19 bits per heavy atom. The molecule has 0 saturated heterocycles. The lowest BCUT2D eigenvalue weighted by atomic mass is 9.92. The van der Waals surface area contributed by atoms with Gasteiger partial charge in [0.1, 0.15) is 0 Å². The van der Waals surface area contributed by atoms with Crippen molar-refractivity contribution >= 4 is 5.91 Å². The minimum atomic E-state index is -0.445. The number of carbonyl (C=O) groups is 1. The molecule has 1 fully saturated rings. The highest BCUT2D eigenvalue weighted by atomic mass is 16.3. The number of benzene rings is 1. The predicted octanol–water partition coefficient (Wildman–Crippen LogP) is 1.91. The second-order valence-electron chi connectivity index (χ2n) is 5.41. The maximum Gasteiger partial charge on any atom is 0.272 e. The molecule has 1 saturated carbocycles. The van der Waals surface area contributed by atoms with Gasteiger partial charge in [0.25, 0.3) is 5.91 Å². The van der Waals surface area contributed by atoms with Crippen LogP contribution in [0, 0.1) is 0 Å². The van der Waals surface area contributed by atoms with Crippen molar-refractivity contribution < 1.29 is 9.90 Å². The Bertz CT molecular complexity index is 609. The van der Waals surface area contributed by atoms with E-state index in [9.17, 15) is 9.90 Å². The molecule has 0 unspecified atom stereocenters. The molecule has 5 heteroatoms. The van der Waals surface area contributed by atoms with Crippen molar-refractivity contribution in [1.29, 1.82) is 0 Å². The fraction of sp³-hybridized carbons (Fsp3) is 0.375. The van der Waals surface area contributed by atoms with Gasteiger partial charge in [0.05, 0.1) is 17.8 Å². The van der Waals surface area contributed by atoms with Gasteiger partial charge in [-0.05, 0) is 31.0 Å². The van der Waals surface area contributed by atoms with E-state index in [-0.39, 0.29) is 11.9 Å². The summed E-state index contributed by atoms with van der Waals surface area (Å²) in [5.74, 6) is -0.226. The summed E-state index contributed by atoms with van der Waals surface area (Å²) in [6.45, 7) is 0. The Balaban J connectivity index is 1.69. The smallest absolute Gasteiger partial charge is 0.272 e. The van der Waals surface area contributed by atoms with Crippen LogP contribution in [-0.2, 0) is 0 Å². The van der Waals surface area contributed by atoms with Crippen LogP contribution in [0.15, 0.2) is 42.6 Å². The van der Waals surface area contributed by atoms with E-state index in [0.29, 0.717) is 5.69 Å². The maximum atomic E-state index is 12.2. The number of hydrogen-bond acceptors (Lipinski definition) is 3. The summed E-state index contributed by atoms with van der Waals surface area (Å²) < 4.78 is 1.67. The summed E-state index contributed by atoms with van der Waals surface area (Å²) in [7, 11) is 0. The summed E-state index contributed by atoms with van der Waals surface area (Å²) in [6, 6.07) is 11.2. The fourth-order valence-corrected chi connectivity index (χ4v) is 2.69. The quantitative estimate of drug-likeness (QED) is 0.905. The van der Waals surface area contributed by atoms with Gasteiger partial charge >= 0.3 is 0 Å². The molecule has 2 N–H and O–H groups in total. The van der Waals surface area contributed by atoms with E-state index in [0.717, 1.165) is 31.4 Å². The van der Waals surface area contributed by atoms with E-state index in [2.05, 4.69) is 10.4 Å². The highest BCUT2D eigenvalue weighted by Gasteiger charge is 2.25. The molecular weight excluding hydrogens is 266 g/mol. The van der Waals surface area contributed by atoms with Crippen LogP contribution in [-0.4, -0.2) is 32.9 Å². The molecule has 1 aliphatic rings. The van der Waals surface area contributed by atoms with Crippen LogP contribution in [0.2, 0.25) is 0 Å². The lowest BCUT2D eigenvalue weighted by molar-refractivity contribution is 0.0713. The number of amides is 1. The minimum absolute atomic E-state index is 0.159. The molecule has 1 aliphatic carbocycles. The van der Waals surface area contributed by atoms with Crippen molar-refractivity contribution in [3.8, 4) is 5.69 Å². The van der Waals surface area contributed by atoms with E-state index in [4.69, 9.17) is 0 Å². The first kappa shape index (κ1) is 13.8. The van der Waals surface area contributed by atoms with Gasteiger partial charge in [0.2, 0.25) is 0 Å². The average Bonchev–Trinajstić information content (AvgIpc) is 3.00. The zero-order chi connectivity index (χ0) is 14.7. The molecule has 2 aromatic rings. The molecule has 1 aromatic heterocycles. The number of para-hydroxylation sites is 1. The lowest BCUT2D eigenvalue weighted by Gasteiger charge is -2.27. The van der Waals surface area contributed by atoms with Crippen LogP contribution < -0.4 is 5.32 Å². The number of nitrogens with one attached hydrogen (secondary N) is 1. The van der Waals surface area contributed by atoms with Crippen molar-refractivity contribution in [2.75, 3.05) is 0 Å². The molecule has 0 spiro atoms. The van der Waals surface area contributed by atoms with Crippen molar-refractivity contribution in [2.45, 2.75) is 37.8 Å². The van der Waals surface area contributed by atoms with Crippen LogP contribution in [0.4, 0.5) is 0 Å². The third kappa shape index (κ3) is 3.13. The van der Waals surface area contributed by atoms with Gasteiger partial charge in [-0.3, -0.25) is 4.79 Å². The number of carbonyl (C=O) groups excluding carboxylic acids is 1. The van der Waals surface area contributed by atoms with Gasteiger partial charge in [0.15, 0.2) is 5.69 Å².